The summed E-state index contributed by atoms with van der Waals surface area (Å²) in [5, 5.41) is 8.85. The molecule has 4 nitrogen and oxygen atoms in total. The molecule has 1 saturated carbocycles. The van der Waals surface area contributed by atoms with E-state index in [-0.39, 0.29) is 31.0 Å². The van der Waals surface area contributed by atoms with E-state index in [9.17, 15) is 4.79 Å². The second-order valence-electron chi connectivity index (χ2n) is 4.24. The molecule has 0 aromatic heterocycles. The predicted molar refractivity (Wildman–Crippen MR) is 61.5 cm³/mol. The van der Waals surface area contributed by atoms with E-state index < -0.39 is 0 Å². The van der Waals surface area contributed by atoms with E-state index in [1.54, 1.807) is 7.11 Å². The molecule has 92 valence electrons. The van der Waals surface area contributed by atoms with Crippen LogP contribution in [0.15, 0.2) is 24.3 Å². The van der Waals surface area contributed by atoms with Crippen LogP contribution in [0, 0.1) is 11.8 Å². The summed E-state index contributed by atoms with van der Waals surface area (Å²) in [5.74, 6) is 0.582. The van der Waals surface area contributed by atoms with Gasteiger partial charge in [-0.2, -0.15) is 0 Å². The highest BCUT2D eigenvalue weighted by atomic mass is 16.5. The third-order valence-corrected chi connectivity index (χ3v) is 3.00. The van der Waals surface area contributed by atoms with Crippen LogP contribution in [0.4, 0.5) is 0 Å². The van der Waals surface area contributed by atoms with Gasteiger partial charge in [0.15, 0.2) is 0 Å². The Hall–Kier alpha value is -1.55. The first-order valence-corrected chi connectivity index (χ1v) is 5.65. The second kappa shape index (κ2) is 5.19. The predicted octanol–water partition coefficient (Wildman–Crippen LogP) is 1.37. The Bertz CT molecular complexity index is 385. The van der Waals surface area contributed by atoms with E-state index in [0.29, 0.717) is 0 Å². The Labute approximate surface area is 100 Å². The number of ether oxygens (including phenoxy) is 2. The highest BCUT2D eigenvalue weighted by molar-refractivity contribution is 5.75. The van der Waals surface area contributed by atoms with Gasteiger partial charge in [0.1, 0.15) is 12.4 Å². The van der Waals surface area contributed by atoms with Gasteiger partial charge in [-0.1, -0.05) is 12.1 Å². The van der Waals surface area contributed by atoms with Crippen molar-refractivity contribution in [1.29, 1.82) is 0 Å². The summed E-state index contributed by atoms with van der Waals surface area (Å²) in [6.45, 7) is 0.347. The fourth-order valence-electron chi connectivity index (χ4n) is 1.72. The molecule has 0 heterocycles. The van der Waals surface area contributed by atoms with E-state index in [4.69, 9.17) is 14.6 Å². The normalized spacial score (nSPS) is 22.0. The van der Waals surface area contributed by atoms with Crippen LogP contribution in [0.25, 0.3) is 0 Å². The van der Waals surface area contributed by atoms with Crippen molar-refractivity contribution in [3.05, 3.63) is 29.8 Å². The Balaban J connectivity index is 1.79. The van der Waals surface area contributed by atoms with Crippen LogP contribution in [0.5, 0.6) is 5.75 Å². The molecule has 1 aliphatic carbocycles. The molecule has 1 fully saturated rings. The van der Waals surface area contributed by atoms with Crippen molar-refractivity contribution in [1.82, 2.24) is 0 Å². The van der Waals surface area contributed by atoms with Crippen molar-refractivity contribution in [2.24, 2.45) is 11.8 Å². The van der Waals surface area contributed by atoms with Crippen LogP contribution >= 0.6 is 0 Å². The van der Waals surface area contributed by atoms with E-state index >= 15 is 0 Å². The minimum absolute atomic E-state index is 0.0717. The van der Waals surface area contributed by atoms with Gasteiger partial charge < -0.3 is 14.6 Å². The van der Waals surface area contributed by atoms with Crippen molar-refractivity contribution in [3.8, 4) is 5.75 Å². The van der Waals surface area contributed by atoms with Crippen LogP contribution in [0.3, 0.4) is 0 Å². The monoisotopic (exact) mass is 236 g/mol. The largest absolute Gasteiger partial charge is 0.497 e. The topological polar surface area (TPSA) is 55.8 Å². The molecular weight excluding hydrogens is 220 g/mol. The maximum absolute atomic E-state index is 11.5. The van der Waals surface area contributed by atoms with Crippen molar-refractivity contribution >= 4 is 5.97 Å². The van der Waals surface area contributed by atoms with E-state index in [1.165, 1.54) is 0 Å². The van der Waals surface area contributed by atoms with Gasteiger partial charge in [-0.3, -0.25) is 4.79 Å². The fourth-order valence-corrected chi connectivity index (χ4v) is 1.72. The number of rotatable bonds is 5. The van der Waals surface area contributed by atoms with E-state index in [2.05, 4.69) is 0 Å². The summed E-state index contributed by atoms with van der Waals surface area (Å²) >= 11 is 0. The van der Waals surface area contributed by atoms with Crippen molar-refractivity contribution in [2.75, 3.05) is 13.7 Å². The minimum atomic E-state index is -0.208. The molecule has 0 saturated heterocycles. The molecular formula is C13H16O4. The van der Waals surface area contributed by atoms with Crippen LogP contribution < -0.4 is 4.74 Å². The number of carbonyl (C=O) groups is 1. The van der Waals surface area contributed by atoms with Gasteiger partial charge >= 0.3 is 5.97 Å². The van der Waals surface area contributed by atoms with Crippen LogP contribution in [-0.2, 0) is 16.1 Å². The average Bonchev–Trinajstić information content (AvgIpc) is 3.16. The zero-order chi connectivity index (χ0) is 12.3. The number of methoxy groups -OCH3 is 1. The number of hydrogen-bond donors (Lipinski definition) is 1. The van der Waals surface area contributed by atoms with E-state index in [1.807, 2.05) is 24.3 Å². The van der Waals surface area contributed by atoms with Gasteiger partial charge in [-0.25, -0.2) is 0 Å². The quantitative estimate of drug-likeness (QED) is 0.784. The highest BCUT2D eigenvalue weighted by Gasteiger charge is 2.43. The summed E-state index contributed by atoms with van der Waals surface area (Å²) < 4.78 is 10.2. The summed E-state index contributed by atoms with van der Waals surface area (Å²) in [6.07, 6.45) is 0.748. The lowest BCUT2D eigenvalue weighted by atomic mass is 10.2. The molecule has 17 heavy (non-hydrogen) atoms. The molecule has 0 spiro atoms. The average molecular weight is 236 g/mol. The maximum atomic E-state index is 11.5. The van der Waals surface area contributed by atoms with Crippen LogP contribution in [0.1, 0.15) is 12.0 Å². The summed E-state index contributed by atoms with van der Waals surface area (Å²) in [6, 6.07) is 7.39. The second-order valence-corrected chi connectivity index (χ2v) is 4.24. The number of carbonyl (C=O) groups excluding carboxylic acids is 1. The Kier molecular flexibility index (Phi) is 3.64. The standard InChI is InChI=1S/C13H16O4/c1-16-11-4-2-9(3-5-11)8-17-13(15)12-6-10(12)7-14/h2-5,10,12,14H,6-8H2,1H3/t10-,12-/m1/s1. The summed E-state index contributed by atoms with van der Waals surface area (Å²) in [4.78, 5) is 11.5. The molecule has 0 amide bonds. The lowest BCUT2D eigenvalue weighted by Gasteiger charge is -2.05. The lowest BCUT2D eigenvalue weighted by molar-refractivity contribution is -0.147. The smallest absolute Gasteiger partial charge is 0.309 e. The zero-order valence-electron chi connectivity index (χ0n) is 9.76. The third kappa shape index (κ3) is 2.97. The van der Waals surface area contributed by atoms with Crippen LogP contribution in [0.2, 0.25) is 0 Å². The number of esters is 1. The summed E-state index contributed by atoms with van der Waals surface area (Å²) in [7, 11) is 1.61. The molecule has 0 aliphatic heterocycles. The molecule has 2 atom stereocenters. The molecule has 1 N–H and O–H groups in total. The molecule has 4 heteroatoms. The van der Waals surface area contributed by atoms with Gasteiger partial charge in [-0.15, -0.1) is 0 Å². The summed E-state index contributed by atoms with van der Waals surface area (Å²) in [5.41, 5.74) is 0.931. The van der Waals surface area contributed by atoms with Gasteiger partial charge in [0.2, 0.25) is 0 Å². The first kappa shape index (κ1) is 11.9. The highest BCUT2D eigenvalue weighted by Crippen LogP contribution is 2.38. The van der Waals surface area contributed by atoms with Crippen LogP contribution in [-0.4, -0.2) is 24.8 Å². The Morgan fingerprint density at radius 3 is 2.65 bits per heavy atom. The maximum Gasteiger partial charge on any atom is 0.309 e. The Morgan fingerprint density at radius 1 is 1.41 bits per heavy atom. The van der Waals surface area contributed by atoms with Gasteiger partial charge in [0, 0.05) is 6.61 Å². The van der Waals surface area contributed by atoms with E-state index in [0.717, 1.165) is 17.7 Å². The molecule has 1 aliphatic rings. The third-order valence-electron chi connectivity index (χ3n) is 3.00. The molecule has 1 aromatic rings. The lowest BCUT2D eigenvalue weighted by Crippen LogP contribution is -2.09. The number of benzene rings is 1. The molecule has 0 unspecified atom stereocenters. The molecule has 0 radical (unpaired) electrons. The van der Waals surface area contributed by atoms with Crippen molar-refractivity contribution in [3.63, 3.8) is 0 Å². The Morgan fingerprint density at radius 2 is 2.12 bits per heavy atom. The first-order valence-electron chi connectivity index (χ1n) is 5.65. The SMILES string of the molecule is COc1ccc(COC(=O)[C@@H]2C[C@@H]2CO)cc1. The number of aliphatic hydroxyl groups excluding tert-OH is 1. The fraction of sp³-hybridized carbons (Fsp3) is 0.462. The van der Waals surface area contributed by atoms with Gasteiger partial charge in [-0.05, 0) is 30.0 Å². The zero-order valence-corrected chi connectivity index (χ0v) is 9.76. The van der Waals surface area contributed by atoms with Crippen molar-refractivity contribution < 1.29 is 19.4 Å². The molecule has 0 bridgehead atoms. The number of hydrogen-bond acceptors (Lipinski definition) is 4. The first-order chi connectivity index (χ1) is 8.24. The minimum Gasteiger partial charge on any atom is -0.497 e. The molecule has 1 aromatic carbocycles. The van der Waals surface area contributed by atoms with Gasteiger partial charge in [0.25, 0.3) is 0 Å². The van der Waals surface area contributed by atoms with Gasteiger partial charge in [0.05, 0.1) is 13.0 Å². The van der Waals surface area contributed by atoms with Crippen molar-refractivity contribution in [2.45, 2.75) is 13.0 Å². The molecule has 2 rings (SSSR count). The number of aliphatic hydroxyl groups is 1.